The molecule has 0 N–H and O–H groups in total. The highest BCUT2D eigenvalue weighted by Gasteiger charge is 2.17. The van der Waals surface area contributed by atoms with E-state index in [0.29, 0.717) is 0 Å². The smallest absolute Gasteiger partial charge is 0.338 e. The molecular weight excluding hydrogens is 242 g/mol. The number of hydrogen-bond acceptors (Lipinski definition) is 3. The summed E-state index contributed by atoms with van der Waals surface area (Å²) in [6, 6.07) is 3.85. The summed E-state index contributed by atoms with van der Waals surface area (Å²) in [4.78, 5) is 22.4. The summed E-state index contributed by atoms with van der Waals surface area (Å²) in [6.45, 7) is 3.14. The monoisotopic (exact) mass is 256 g/mol. The number of carbonyl (C=O) groups is 2. The number of halogens is 2. The van der Waals surface area contributed by atoms with Crippen molar-refractivity contribution in [3.05, 3.63) is 34.9 Å². The second-order valence-electron chi connectivity index (χ2n) is 3.81. The molecule has 98 valence electrons. The van der Waals surface area contributed by atoms with Crippen molar-refractivity contribution in [1.29, 1.82) is 0 Å². The van der Waals surface area contributed by atoms with E-state index in [1.165, 1.54) is 19.1 Å². The Hall–Kier alpha value is -1.78. The predicted molar refractivity (Wildman–Crippen MR) is 61.7 cm³/mol. The van der Waals surface area contributed by atoms with E-state index >= 15 is 0 Å². The zero-order valence-corrected chi connectivity index (χ0v) is 10.2. The number of ether oxygens (including phenoxy) is 1. The van der Waals surface area contributed by atoms with Gasteiger partial charge in [-0.25, -0.2) is 13.6 Å². The molecule has 18 heavy (non-hydrogen) atoms. The lowest BCUT2D eigenvalue weighted by Crippen LogP contribution is -2.08. The van der Waals surface area contributed by atoms with Crippen molar-refractivity contribution in [3.8, 4) is 0 Å². The van der Waals surface area contributed by atoms with Gasteiger partial charge in [0.1, 0.15) is 5.78 Å². The van der Waals surface area contributed by atoms with Crippen LogP contribution in [0.3, 0.4) is 0 Å². The molecule has 0 bridgehead atoms. The molecule has 1 aromatic rings. The highest BCUT2D eigenvalue weighted by molar-refractivity contribution is 5.90. The molecule has 0 saturated heterocycles. The van der Waals surface area contributed by atoms with Gasteiger partial charge in [-0.2, -0.15) is 0 Å². The minimum atomic E-state index is -2.73. The average Bonchev–Trinajstić information content (AvgIpc) is 2.28. The van der Waals surface area contributed by atoms with Crippen LogP contribution in [-0.2, 0) is 16.0 Å². The Morgan fingerprint density at radius 1 is 1.33 bits per heavy atom. The van der Waals surface area contributed by atoms with Gasteiger partial charge in [0.05, 0.1) is 12.2 Å². The predicted octanol–water partition coefficient (Wildman–Crippen LogP) is 2.93. The molecule has 1 aromatic carbocycles. The van der Waals surface area contributed by atoms with Gasteiger partial charge in [0.2, 0.25) is 0 Å². The van der Waals surface area contributed by atoms with Crippen molar-refractivity contribution in [2.24, 2.45) is 0 Å². The third-order valence-electron chi connectivity index (χ3n) is 2.33. The molecule has 0 aliphatic carbocycles. The summed E-state index contributed by atoms with van der Waals surface area (Å²) in [7, 11) is 0. The molecule has 0 aromatic heterocycles. The van der Waals surface area contributed by atoms with Gasteiger partial charge in [-0.05, 0) is 31.5 Å². The van der Waals surface area contributed by atoms with Crippen LogP contribution in [0.25, 0.3) is 0 Å². The second kappa shape index (κ2) is 6.23. The number of rotatable bonds is 5. The zero-order chi connectivity index (χ0) is 13.7. The standard InChI is InChI=1S/C13H14F2O3/c1-3-18-13(17)10-5-4-9(6-8(2)16)11(7-10)12(14)15/h4-5,7,12H,3,6H2,1-2H3. The molecular formula is C13H14F2O3. The largest absolute Gasteiger partial charge is 0.462 e. The van der Waals surface area contributed by atoms with Crippen LogP contribution in [0.1, 0.15) is 41.8 Å². The van der Waals surface area contributed by atoms with Crippen LogP contribution in [-0.4, -0.2) is 18.4 Å². The van der Waals surface area contributed by atoms with Gasteiger partial charge in [-0.15, -0.1) is 0 Å². The number of alkyl halides is 2. The van der Waals surface area contributed by atoms with Crippen LogP contribution in [0.15, 0.2) is 18.2 Å². The Morgan fingerprint density at radius 3 is 2.50 bits per heavy atom. The van der Waals surface area contributed by atoms with Gasteiger partial charge in [0, 0.05) is 12.0 Å². The van der Waals surface area contributed by atoms with Gasteiger partial charge in [-0.1, -0.05) is 6.07 Å². The van der Waals surface area contributed by atoms with Crippen molar-refractivity contribution < 1.29 is 23.1 Å². The van der Waals surface area contributed by atoms with Crippen molar-refractivity contribution in [2.45, 2.75) is 26.7 Å². The van der Waals surface area contributed by atoms with Gasteiger partial charge < -0.3 is 4.74 Å². The first kappa shape index (κ1) is 14.3. The Morgan fingerprint density at radius 2 is 2.00 bits per heavy atom. The third-order valence-corrected chi connectivity index (χ3v) is 2.33. The molecule has 0 aliphatic heterocycles. The quantitative estimate of drug-likeness (QED) is 0.761. The van der Waals surface area contributed by atoms with Crippen LogP contribution in [0.2, 0.25) is 0 Å². The molecule has 0 saturated carbocycles. The molecule has 5 heteroatoms. The lowest BCUT2D eigenvalue weighted by molar-refractivity contribution is -0.116. The summed E-state index contributed by atoms with van der Waals surface area (Å²) in [5.41, 5.74) is 0.0146. The van der Waals surface area contributed by atoms with E-state index in [2.05, 4.69) is 0 Å². The van der Waals surface area contributed by atoms with E-state index in [9.17, 15) is 18.4 Å². The molecule has 1 rings (SSSR count). The highest BCUT2D eigenvalue weighted by atomic mass is 19.3. The fourth-order valence-electron chi connectivity index (χ4n) is 1.57. The number of hydrogen-bond donors (Lipinski definition) is 0. The number of ketones is 1. The molecule has 0 aliphatic rings. The molecule has 0 fully saturated rings. The molecule has 0 heterocycles. The van der Waals surface area contributed by atoms with Crippen molar-refractivity contribution in [3.63, 3.8) is 0 Å². The highest BCUT2D eigenvalue weighted by Crippen LogP contribution is 2.25. The lowest BCUT2D eigenvalue weighted by Gasteiger charge is -2.09. The second-order valence-corrected chi connectivity index (χ2v) is 3.81. The summed E-state index contributed by atoms with van der Waals surface area (Å²) in [5, 5.41) is 0. The Bertz CT molecular complexity index is 456. The van der Waals surface area contributed by atoms with Crippen LogP contribution < -0.4 is 0 Å². The Balaban J connectivity index is 3.10. The maximum Gasteiger partial charge on any atom is 0.338 e. The van der Waals surface area contributed by atoms with Gasteiger partial charge in [0.25, 0.3) is 6.43 Å². The molecule has 0 unspecified atom stereocenters. The van der Waals surface area contributed by atoms with Gasteiger partial charge in [-0.3, -0.25) is 4.79 Å². The topological polar surface area (TPSA) is 43.4 Å². The Kier molecular flexibility index (Phi) is 4.95. The summed E-state index contributed by atoms with van der Waals surface area (Å²) >= 11 is 0. The van der Waals surface area contributed by atoms with E-state index in [4.69, 9.17) is 4.74 Å². The van der Waals surface area contributed by atoms with Crippen molar-refractivity contribution >= 4 is 11.8 Å². The van der Waals surface area contributed by atoms with Gasteiger partial charge in [0.15, 0.2) is 0 Å². The van der Waals surface area contributed by atoms with Gasteiger partial charge >= 0.3 is 5.97 Å². The maximum absolute atomic E-state index is 12.8. The Labute approximate surface area is 104 Å². The first-order chi connectivity index (χ1) is 8.45. The normalized spacial score (nSPS) is 10.5. The molecule has 0 radical (unpaired) electrons. The number of benzene rings is 1. The van der Waals surface area contributed by atoms with Crippen molar-refractivity contribution in [2.75, 3.05) is 6.61 Å². The lowest BCUT2D eigenvalue weighted by atomic mass is 10.00. The van der Waals surface area contributed by atoms with Crippen LogP contribution in [0.5, 0.6) is 0 Å². The first-order valence-electron chi connectivity index (χ1n) is 5.53. The summed E-state index contributed by atoms with van der Waals surface area (Å²) in [5.74, 6) is -0.852. The summed E-state index contributed by atoms with van der Waals surface area (Å²) in [6.07, 6.45) is -2.79. The van der Waals surface area contributed by atoms with Crippen LogP contribution in [0, 0.1) is 0 Å². The first-order valence-corrected chi connectivity index (χ1v) is 5.53. The molecule has 0 spiro atoms. The van der Waals surface area contributed by atoms with E-state index in [1.807, 2.05) is 0 Å². The van der Waals surface area contributed by atoms with Crippen molar-refractivity contribution in [1.82, 2.24) is 0 Å². The van der Waals surface area contributed by atoms with E-state index in [0.717, 1.165) is 6.07 Å². The average molecular weight is 256 g/mol. The summed E-state index contributed by atoms with van der Waals surface area (Å²) < 4.78 is 30.4. The third kappa shape index (κ3) is 3.61. The van der Waals surface area contributed by atoms with E-state index < -0.39 is 12.4 Å². The molecule has 0 amide bonds. The number of carbonyl (C=O) groups excluding carboxylic acids is 2. The maximum atomic E-state index is 12.8. The fourth-order valence-corrected chi connectivity index (χ4v) is 1.57. The fraction of sp³-hybridized carbons (Fsp3) is 0.385. The molecule has 3 nitrogen and oxygen atoms in total. The molecule has 0 atom stereocenters. The minimum Gasteiger partial charge on any atom is -0.462 e. The number of Topliss-reactive ketones (excluding diaryl/α,β-unsaturated/α-hetero) is 1. The van der Waals surface area contributed by atoms with E-state index in [1.54, 1.807) is 6.92 Å². The van der Waals surface area contributed by atoms with Crippen LogP contribution >= 0.6 is 0 Å². The van der Waals surface area contributed by atoms with Crippen LogP contribution in [0.4, 0.5) is 8.78 Å². The number of esters is 1. The zero-order valence-electron chi connectivity index (χ0n) is 10.2. The minimum absolute atomic E-state index is 0.0667. The van der Waals surface area contributed by atoms with E-state index in [-0.39, 0.29) is 35.5 Å². The SMILES string of the molecule is CCOC(=O)c1ccc(CC(C)=O)c(C(F)F)c1.